The molecule has 4 rings (SSSR count). The molecule has 134 valence electrons. The fraction of sp³-hybridized carbons (Fsp3) is 0.368. The molecule has 0 spiro atoms. The Hall–Kier alpha value is -2.96. The van der Waals surface area contributed by atoms with E-state index in [4.69, 9.17) is 4.74 Å². The Kier molecular flexibility index (Phi) is 4.28. The summed E-state index contributed by atoms with van der Waals surface area (Å²) in [5, 5.41) is 7.22. The Morgan fingerprint density at radius 2 is 2.04 bits per heavy atom. The van der Waals surface area contributed by atoms with Gasteiger partial charge in [0.15, 0.2) is 0 Å². The second kappa shape index (κ2) is 6.74. The molecule has 1 amide bonds. The summed E-state index contributed by atoms with van der Waals surface area (Å²) in [5.74, 6) is 1.14. The molecule has 2 heterocycles. The Morgan fingerprint density at radius 1 is 1.27 bits per heavy atom. The van der Waals surface area contributed by atoms with Gasteiger partial charge in [-0.2, -0.15) is 4.98 Å². The van der Waals surface area contributed by atoms with Crippen molar-refractivity contribution in [3.8, 4) is 5.75 Å². The number of nitrogens with zero attached hydrogens (tertiary/aromatic N) is 4. The van der Waals surface area contributed by atoms with Crippen molar-refractivity contribution in [3.05, 3.63) is 54.1 Å². The highest BCUT2D eigenvalue weighted by molar-refractivity contribution is 5.90. The van der Waals surface area contributed by atoms with E-state index in [1.807, 2.05) is 12.1 Å². The predicted molar refractivity (Wildman–Crippen MR) is 96.3 cm³/mol. The van der Waals surface area contributed by atoms with Crippen molar-refractivity contribution in [1.82, 2.24) is 24.9 Å². The van der Waals surface area contributed by atoms with Crippen LogP contribution in [0.5, 0.6) is 5.75 Å². The lowest BCUT2D eigenvalue weighted by atomic mass is 9.78. The summed E-state index contributed by atoms with van der Waals surface area (Å²) in [5.41, 5.74) is 1.19. The number of aromatic nitrogens is 4. The van der Waals surface area contributed by atoms with Crippen molar-refractivity contribution < 1.29 is 9.53 Å². The van der Waals surface area contributed by atoms with Crippen LogP contribution in [0.4, 0.5) is 0 Å². The van der Waals surface area contributed by atoms with E-state index in [9.17, 15) is 4.79 Å². The fourth-order valence-electron chi connectivity index (χ4n) is 3.72. The van der Waals surface area contributed by atoms with E-state index < -0.39 is 0 Å². The van der Waals surface area contributed by atoms with Gasteiger partial charge in [-0.1, -0.05) is 25.0 Å². The van der Waals surface area contributed by atoms with Crippen LogP contribution >= 0.6 is 0 Å². The van der Waals surface area contributed by atoms with Gasteiger partial charge in [-0.15, -0.1) is 5.10 Å². The summed E-state index contributed by atoms with van der Waals surface area (Å²) >= 11 is 0. The number of methoxy groups -OCH3 is 1. The molecule has 1 aromatic carbocycles. The average molecular weight is 351 g/mol. The van der Waals surface area contributed by atoms with Crippen LogP contribution in [0, 0.1) is 0 Å². The SMILES string of the molecule is COc1ccc(C2(CNC(=O)c3nc4ncccn4n3)CCCC2)cc1. The summed E-state index contributed by atoms with van der Waals surface area (Å²) in [6.45, 7) is 0.571. The minimum absolute atomic E-state index is 0.0423. The molecule has 0 aliphatic heterocycles. The van der Waals surface area contributed by atoms with E-state index in [1.54, 1.807) is 25.6 Å². The van der Waals surface area contributed by atoms with Gasteiger partial charge in [0.25, 0.3) is 11.7 Å². The van der Waals surface area contributed by atoms with E-state index in [2.05, 4.69) is 32.5 Å². The maximum absolute atomic E-state index is 12.5. The molecule has 1 fully saturated rings. The average Bonchev–Trinajstić information content (AvgIpc) is 3.34. The Balaban J connectivity index is 1.52. The van der Waals surface area contributed by atoms with E-state index in [-0.39, 0.29) is 17.1 Å². The van der Waals surface area contributed by atoms with Crippen molar-refractivity contribution in [2.45, 2.75) is 31.1 Å². The molecule has 0 atom stereocenters. The third-order valence-corrected chi connectivity index (χ3v) is 5.17. The van der Waals surface area contributed by atoms with Crippen molar-refractivity contribution in [1.29, 1.82) is 0 Å². The molecule has 7 nitrogen and oxygen atoms in total. The third-order valence-electron chi connectivity index (χ3n) is 5.17. The van der Waals surface area contributed by atoms with Gasteiger partial charge in [0.05, 0.1) is 7.11 Å². The topological polar surface area (TPSA) is 81.4 Å². The van der Waals surface area contributed by atoms with Gasteiger partial charge in [0.1, 0.15) is 5.75 Å². The predicted octanol–water partition coefficient (Wildman–Crippen LogP) is 2.37. The highest BCUT2D eigenvalue weighted by Gasteiger charge is 2.36. The molecule has 0 saturated heterocycles. The number of rotatable bonds is 5. The van der Waals surface area contributed by atoms with Crippen LogP contribution in [0.15, 0.2) is 42.7 Å². The molecular formula is C19H21N5O2. The van der Waals surface area contributed by atoms with Crippen LogP contribution in [0.25, 0.3) is 5.78 Å². The second-order valence-corrected chi connectivity index (χ2v) is 6.70. The molecule has 1 aliphatic rings. The Labute approximate surface area is 151 Å². The first kappa shape index (κ1) is 16.5. The van der Waals surface area contributed by atoms with Gasteiger partial charge in [-0.3, -0.25) is 4.79 Å². The Bertz CT molecular complexity index is 880. The lowest BCUT2D eigenvalue weighted by molar-refractivity contribution is 0.0933. The summed E-state index contributed by atoms with van der Waals surface area (Å²) in [4.78, 5) is 20.8. The zero-order valence-corrected chi connectivity index (χ0v) is 14.7. The minimum Gasteiger partial charge on any atom is -0.497 e. The molecular weight excluding hydrogens is 330 g/mol. The smallest absolute Gasteiger partial charge is 0.291 e. The van der Waals surface area contributed by atoms with E-state index in [0.717, 1.165) is 18.6 Å². The number of carbonyl (C=O) groups is 1. The van der Waals surface area contributed by atoms with Crippen LogP contribution in [0.2, 0.25) is 0 Å². The summed E-state index contributed by atoms with van der Waals surface area (Å²) in [6.07, 6.45) is 7.79. The van der Waals surface area contributed by atoms with Gasteiger partial charge in [0, 0.05) is 24.4 Å². The maximum atomic E-state index is 12.5. The van der Waals surface area contributed by atoms with Gasteiger partial charge >= 0.3 is 0 Å². The highest BCUT2D eigenvalue weighted by atomic mass is 16.5. The normalized spacial score (nSPS) is 15.9. The summed E-state index contributed by atoms with van der Waals surface area (Å²) < 4.78 is 6.76. The lowest BCUT2D eigenvalue weighted by Gasteiger charge is -2.30. The molecule has 0 radical (unpaired) electrons. The summed E-state index contributed by atoms with van der Waals surface area (Å²) in [6, 6.07) is 9.91. The second-order valence-electron chi connectivity index (χ2n) is 6.70. The van der Waals surface area contributed by atoms with E-state index in [0.29, 0.717) is 12.3 Å². The zero-order valence-electron chi connectivity index (χ0n) is 14.7. The largest absolute Gasteiger partial charge is 0.497 e. The number of nitrogens with one attached hydrogen (secondary N) is 1. The molecule has 3 aromatic rings. The van der Waals surface area contributed by atoms with Crippen LogP contribution in [0.1, 0.15) is 41.9 Å². The third kappa shape index (κ3) is 3.00. The highest BCUT2D eigenvalue weighted by Crippen LogP contribution is 2.41. The number of hydrogen-bond donors (Lipinski definition) is 1. The number of amides is 1. The van der Waals surface area contributed by atoms with E-state index >= 15 is 0 Å². The van der Waals surface area contributed by atoms with Crippen molar-refractivity contribution >= 4 is 11.7 Å². The van der Waals surface area contributed by atoms with Crippen LogP contribution in [-0.4, -0.2) is 39.1 Å². The first-order chi connectivity index (χ1) is 12.7. The summed E-state index contributed by atoms with van der Waals surface area (Å²) in [7, 11) is 1.66. The monoisotopic (exact) mass is 351 g/mol. The number of carbonyl (C=O) groups excluding carboxylic acids is 1. The zero-order chi connectivity index (χ0) is 18.0. The minimum atomic E-state index is -0.268. The quantitative estimate of drug-likeness (QED) is 0.763. The molecule has 1 aliphatic carbocycles. The van der Waals surface area contributed by atoms with Crippen LogP contribution < -0.4 is 10.1 Å². The van der Waals surface area contributed by atoms with Crippen molar-refractivity contribution in [2.75, 3.05) is 13.7 Å². The molecule has 26 heavy (non-hydrogen) atoms. The number of hydrogen-bond acceptors (Lipinski definition) is 5. The first-order valence-corrected chi connectivity index (χ1v) is 8.80. The van der Waals surface area contributed by atoms with Gasteiger partial charge < -0.3 is 10.1 Å². The first-order valence-electron chi connectivity index (χ1n) is 8.80. The van der Waals surface area contributed by atoms with Crippen LogP contribution in [-0.2, 0) is 5.41 Å². The van der Waals surface area contributed by atoms with Gasteiger partial charge in [-0.05, 0) is 36.6 Å². The van der Waals surface area contributed by atoms with Gasteiger partial charge in [-0.25, -0.2) is 9.50 Å². The Morgan fingerprint density at radius 3 is 2.73 bits per heavy atom. The number of ether oxygens (including phenoxy) is 1. The maximum Gasteiger partial charge on any atom is 0.291 e. The molecule has 7 heteroatoms. The van der Waals surface area contributed by atoms with Crippen LogP contribution in [0.3, 0.4) is 0 Å². The molecule has 1 saturated carbocycles. The molecule has 0 bridgehead atoms. The van der Waals surface area contributed by atoms with Gasteiger partial charge in [0.2, 0.25) is 5.82 Å². The standard InChI is InChI=1S/C19H21N5O2/c1-26-15-7-5-14(6-8-15)19(9-2-3-10-19)13-21-17(25)16-22-18-20-11-4-12-24(18)23-16/h4-8,11-12H,2-3,9-10,13H2,1H3,(H,21,25). The fourth-order valence-corrected chi connectivity index (χ4v) is 3.72. The molecule has 0 unspecified atom stereocenters. The van der Waals surface area contributed by atoms with Crippen molar-refractivity contribution in [3.63, 3.8) is 0 Å². The molecule has 1 N–H and O–H groups in total. The lowest BCUT2D eigenvalue weighted by Crippen LogP contribution is -2.39. The number of fused-ring (bicyclic) bond motifs is 1. The van der Waals surface area contributed by atoms with Crippen molar-refractivity contribution in [2.24, 2.45) is 0 Å². The van der Waals surface area contributed by atoms with E-state index in [1.165, 1.54) is 22.9 Å². The number of benzene rings is 1. The molecule has 2 aromatic heterocycles.